The van der Waals surface area contributed by atoms with Crippen LogP contribution in [0.25, 0.3) is 0 Å². The molecule has 0 saturated carbocycles. The normalized spacial score (nSPS) is 18.7. The maximum Gasteiger partial charge on any atom is 0.224 e. The van der Waals surface area contributed by atoms with Gasteiger partial charge < -0.3 is 10.2 Å². The Morgan fingerprint density at radius 1 is 1.39 bits per heavy atom. The Balaban J connectivity index is 2.20. The first-order chi connectivity index (χ1) is 8.52. The summed E-state index contributed by atoms with van der Waals surface area (Å²) in [5.74, 6) is 1.82. The first kappa shape index (κ1) is 13.1. The van der Waals surface area contributed by atoms with Gasteiger partial charge in [-0.05, 0) is 13.8 Å². The first-order valence-electron chi connectivity index (χ1n) is 6.05. The van der Waals surface area contributed by atoms with Crippen molar-refractivity contribution in [2.45, 2.75) is 13.8 Å². The van der Waals surface area contributed by atoms with Gasteiger partial charge >= 0.3 is 0 Å². The number of sulfone groups is 1. The van der Waals surface area contributed by atoms with Crippen molar-refractivity contribution in [2.75, 3.05) is 41.4 Å². The van der Waals surface area contributed by atoms with Crippen LogP contribution in [0.15, 0.2) is 6.20 Å². The van der Waals surface area contributed by atoms with Gasteiger partial charge in [-0.1, -0.05) is 0 Å². The third-order valence-corrected chi connectivity index (χ3v) is 4.53. The molecular formula is C11H18N4O2S. The molecule has 0 bridgehead atoms. The van der Waals surface area contributed by atoms with Gasteiger partial charge in [-0.2, -0.15) is 4.98 Å². The minimum absolute atomic E-state index is 0.201. The average molecular weight is 270 g/mol. The predicted octanol–water partition coefficient (Wildman–Crippen LogP) is 0.452. The Kier molecular flexibility index (Phi) is 3.70. The highest BCUT2D eigenvalue weighted by atomic mass is 32.2. The third-order valence-electron chi connectivity index (χ3n) is 2.92. The van der Waals surface area contributed by atoms with Gasteiger partial charge in [0.05, 0.1) is 11.5 Å². The van der Waals surface area contributed by atoms with E-state index in [0.29, 0.717) is 19.0 Å². The largest absolute Gasteiger partial charge is 0.354 e. The minimum atomic E-state index is -2.86. The number of hydrogen-bond donors (Lipinski definition) is 1. The summed E-state index contributed by atoms with van der Waals surface area (Å²) < 4.78 is 22.8. The zero-order chi connectivity index (χ0) is 13.2. The van der Waals surface area contributed by atoms with Gasteiger partial charge in [0, 0.05) is 31.4 Å². The highest BCUT2D eigenvalue weighted by Crippen LogP contribution is 2.20. The van der Waals surface area contributed by atoms with Crippen LogP contribution in [0.5, 0.6) is 0 Å². The van der Waals surface area contributed by atoms with E-state index in [2.05, 4.69) is 15.3 Å². The zero-order valence-corrected chi connectivity index (χ0v) is 11.5. The van der Waals surface area contributed by atoms with Crippen LogP contribution in [0.2, 0.25) is 0 Å². The van der Waals surface area contributed by atoms with E-state index in [9.17, 15) is 8.42 Å². The molecule has 7 heteroatoms. The minimum Gasteiger partial charge on any atom is -0.354 e. The second-order valence-electron chi connectivity index (χ2n) is 4.37. The Hall–Kier alpha value is -1.37. The van der Waals surface area contributed by atoms with Crippen LogP contribution < -0.4 is 10.2 Å². The number of nitrogens with one attached hydrogen (secondary N) is 1. The molecule has 0 radical (unpaired) electrons. The van der Waals surface area contributed by atoms with Crippen molar-refractivity contribution in [1.82, 2.24) is 9.97 Å². The fraction of sp³-hybridized carbons (Fsp3) is 0.636. The van der Waals surface area contributed by atoms with E-state index in [1.165, 1.54) is 0 Å². The van der Waals surface area contributed by atoms with E-state index in [0.717, 1.165) is 17.9 Å². The summed E-state index contributed by atoms with van der Waals surface area (Å²) in [6.07, 6.45) is 1.77. The summed E-state index contributed by atoms with van der Waals surface area (Å²) in [5, 5.41) is 3.06. The molecule has 6 nitrogen and oxygen atoms in total. The molecule has 2 rings (SSSR count). The lowest BCUT2D eigenvalue weighted by Crippen LogP contribution is -2.41. The maximum atomic E-state index is 11.4. The maximum absolute atomic E-state index is 11.4. The first-order valence-corrected chi connectivity index (χ1v) is 7.87. The molecule has 1 fully saturated rings. The molecule has 0 aliphatic carbocycles. The lowest BCUT2D eigenvalue weighted by atomic mass is 10.3. The summed E-state index contributed by atoms with van der Waals surface area (Å²) in [6.45, 7) is 5.69. The van der Waals surface area contributed by atoms with Crippen LogP contribution in [0.3, 0.4) is 0 Å². The van der Waals surface area contributed by atoms with Crippen LogP contribution in [0.4, 0.5) is 11.8 Å². The lowest BCUT2D eigenvalue weighted by molar-refractivity contribution is 0.586. The van der Waals surface area contributed by atoms with Crippen molar-refractivity contribution >= 4 is 21.6 Å². The van der Waals surface area contributed by atoms with Crippen LogP contribution >= 0.6 is 0 Å². The van der Waals surface area contributed by atoms with Crippen molar-refractivity contribution in [2.24, 2.45) is 0 Å². The molecule has 0 spiro atoms. The fourth-order valence-electron chi connectivity index (χ4n) is 1.92. The van der Waals surface area contributed by atoms with E-state index >= 15 is 0 Å². The molecule has 100 valence electrons. The van der Waals surface area contributed by atoms with Crippen molar-refractivity contribution < 1.29 is 8.42 Å². The highest BCUT2D eigenvalue weighted by Gasteiger charge is 2.23. The molecule has 1 aliphatic heterocycles. The molecule has 0 atom stereocenters. The lowest BCUT2D eigenvalue weighted by Gasteiger charge is -2.28. The van der Waals surface area contributed by atoms with E-state index in [1.807, 2.05) is 18.7 Å². The van der Waals surface area contributed by atoms with E-state index in [4.69, 9.17) is 0 Å². The Labute approximate surface area is 107 Å². The topological polar surface area (TPSA) is 75.2 Å². The molecule has 0 unspecified atom stereocenters. The standard InChI is InChI=1S/C11H18N4O2S/c1-3-12-11-13-8-9(2)10(14-11)15-4-6-18(16,17)7-5-15/h8H,3-7H2,1-2H3,(H,12,13,14). The second kappa shape index (κ2) is 5.09. The summed E-state index contributed by atoms with van der Waals surface area (Å²) in [7, 11) is -2.86. The van der Waals surface area contributed by atoms with Gasteiger partial charge in [-0.25, -0.2) is 13.4 Å². The molecule has 1 saturated heterocycles. The molecule has 0 amide bonds. The third kappa shape index (κ3) is 2.90. The van der Waals surface area contributed by atoms with E-state index in [-0.39, 0.29) is 11.5 Å². The highest BCUT2D eigenvalue weighted by molar-refractivity contribution is 7.91. The summed E-state index contributed by atoms with van der Waals surface area (Å²) in [6, 6.07) is 0. The number of nitrogens with zero attached hydrogens (tertiary/aromatic N) is 3. The number of rotatable bonds is 3. The van der Waals surface area contributed by atoms with Crippen LogP contribution in [-0.2, 0) is 9.84 Å². The molecule has 1 aliphatic rings. The molecule has 1 aromatic heterocycles. The fourth-order valence-corrected chi connectivity index (χ4v) is 3.12. The summed E-state index contributed by atoms with van der Waals surface area (Å²) in [4.78, 5) is 10.6. The SMILES string of the molecule is CCNc1ncc(C)c(N2CCS(=O)(=O)CC2)n1. The number of aromatic nitrogens is 2. The van der Waals surface area contributed by atoms with Gasteiger partial charge in [0.15, 0.2) is 9.84 Å². The van der Waals surface area contributed by atoms with Gasteiger partial charge in [0.2, 0.25) is 5.95 Å². The molecule has 1 aromatic rings. The van der Waals surface area contributed by atoms with Gasteiger partial charge in [-0.3, -0.25) is 0 Å². The average Bonchev–Trinajstić information content (AvgIpc) is 2.32. The molecule has 0 aromatic carbocycles. The quantitative estimate of drug-likeness (QED) is 0.859. The van der Waals surface area contributed by atoms with Crippen molar-refractivity contribution in [3.8, 4) is 0 Å². The smallest absolute Gasteiger partial charge is 0.224 e. The second-order valence-corrected chi connectivity index (χ2v) is 6.67. The van der Waals surface area contributed by atoms with Crippen LogP contribution in [0.1, 0.15) is 12.5 Å². The summed E-state index contributed by atoms with van der Waals surface area (Å²) in [5.41, 5.74) is 0.968. The molecular weight excluding hydrogens is 252 g/mol. The van der Waals surface area contributed by atoms with Crippen molar-refractivity contribution in [1.29, 1.82) is 0 Å². The Bertz CT molecular complexity index is 516. The number of anilines is 2. The van der Waals surface area contributed by atoms with Crippen LogP contribution in [0, 0.1) is 6.92 Å². The monoisotopic (exact) mass is 270 g/mol. The van der Waals surface area contributed by atoms with Gasteiger partial charge in [-0.15, -0.1) is 0 Å². The van der Waals surface area contributed by atoms with Crippen LogP contribution in [-0.4, -0.2) is 49.5 Å². The van der Waals surface area contributed by atoms with E-state index in [1.54, 1.807) is 6.20 Å². The molecule has 18 heavy (non-hydrogen) atoms. The van der Waals surface area contributed by atoms with Gasteiger partial charge in [0.25, 0.3) is 0 Å². The Morgan fingerprint density at radius 2 is 2.06 bits per heavy atom. The molecule has 2 heterocycles. The predicted molar refractivity (Wildman–Crippen MR) is 71.8 cm³/mol. The number of hydrogen-bond acceptors (Lipinski definition) is 6. The van der Waals surface area contributed by atoms with Crippen molar-refractivity contribution in [3.63, 3.8) is 0 Å². The Morgan fingerprint density at radius 3 is 2.67 bits per heavy atom. The van der Waals surface area contributed by atoms with Gasteiger partial charge in [0.1, 0.15) is 5.82 Å². The number of aryl methyl sites for hydroxylation is 1. The molecule has 1 N–H and O–H groups in total. The summed E-state index contributed by atoms with van der Waals surface area (Å²) >= 11 is 0. The van der Waals surface area contributed by atoms with Crippen molar-refractivity contribution in [3.05, 3.63) is 11.8 Å². The zero-order valence-electron chi connectivity index (χ0n) is 10.7. The van der Waals surface area contributed by atoms with E-state index < -0.39 is 9.84 Å².